The first-order chi connectivity index (χ1) is 32.5. The van der Waals surface area contributed by atoms with Gasteiger partial charge in [-0.1, -0.05) is 18.2 Å². The molecule has 1 fully saturated rings. The van der Waals surface area contributed by atoms with E-state index in [9.17, 15) is 49.0 Å². The molecule has 0 bridgehead atoms. The van der Waals surface area contributed by atoms with Gasteiger partial charge in [-0.15, -0.1) is 0 Å². The molecule has 2 aliphatic rings. The van der Waals surface area contributed by atoms with Gasteiger partial charge < -0.3 is 59.6 Å². The second kappa shape index (κ2) is 23.4. The lowest BCUT2D eigenvalue weighted by molar-refractivity contribution is -0.222. The number of nitrogens with zero attached hydrogens (tertiary/aromatic N) is 6. The van der Waals surface area contributed by atoms with Gasteiger partial charge in [-0.25, -0.2) is 33.1 Å². The van der Waals surface area contributed by atoms with E-state index < -0.39 is 77.9 Å². The van der Waals surface area contributed by atoms with Gasteiger partial charge in [0, 0.05) is 73.4 Å². The van der Waals surface area contributed by atoms with E-state index in [0.29, 0.717) is 13.0 Å². The van der Waals surface area contributed by atoms with Crippen LogP contribution >= 0.6 is 0 Å². The molecule has 3 aromatic carbocycles. The third kappa shape index (κ3) is 12.6. The third-order valence-corrected chi connectivity index (χ3v) is 13.3. The zero-order valence-corrected chi connectivity index (χ0v) is 38.8. The molecule has 0 radical (unpaired) electrons. The molecule has 9 atom stereocenters. The molecule has 4 aromatic heterocycles. The molecule has 9 rings (SSSR count). The van der Waals surface area contributed by atoms with Gasteiger partial charge in [0.25, 0.3) is 0 Å². The number of aromatic amines is 2. The molecule has 9 unspecified atom stereocenters. The molecule has 0 spiro atoms. The summed E-state index contributed by atoms with van der Waals surface area (Å²) in [5.74, 6) is 0.557. The second-order valence-corrected chi connectivity index (χ2v) is 18.3. The minimum Gasteiger partial charge on any atom is -0.396 e. The Bertz CT molecular complexity index is 2710. The molecule has 20 nitrogen and oxygen atoms in total. The van der Waals surface area contributed by atoms with Crippen molar-refractivity contribution in [3.05, 3.63) is 144 Å². The summed E-state index contributed by atoms with van der Waals surface area (Å²) < 4.78 is 35.3. The molecule has 1 aliphatic carbocycles. The fraction of sp³-hybridized carbons (Fsp3) is 0.383. The van der Waals surface area contributed by atoms with Crippen molar-refractivity contribution in [1.29, 1.82) is 0 Å². The average Bonchev–Trinajstić information content (AvgIpc) is 4.19. The summed E-state index contributed by atoms with van der Waals surface area (Å²) in [6, 6.07) is 19.3. The summed E-state index contributed by atoms with van der Waals surface area (Å²) in [6.45, 7) is 7.30. The van der Waals surface area contributed by atoms with E-state index >= 15 is 0 Å². The van der Waals surface area contributed by atoms with E-state index in [2.05, 4.69) is 60.6 Å². The summed E-state index contributed by atoms with van der Waals surface area (Å²) in [7, 11) is -3.40. The first-order valence-electron chi connectivity index (χ1n) is 21.9. The smallest absolute Gasteiger partial charge is 0.240 e. The molecular formula is C47H59N9O11S. The van der Waals surface area contributed by atoms with Crippen LogP contribution in [-0.4, -0.2) is 145 Å². The normalized spacial score (nSPS) is 23.2. The number of ether oxygens (including phenoxy) is 1. The lowest BCUT2D eigenvalue weighted by Gasteiger charge is -2.44. The van der Waals surface area contributed by atoms with Crippen molar-refractivity contribution in [2.24, 2.45) is 5.92 Å². The maximum Gasteiger partial charge on any atom is 0.240 e. The van der Waals surface area contributed by atoms with Gasteiger partial charge >= 0.3 is 0 Å². The standard InChI is InChI=1S/C15H24N2O8.C11H13N3O2S.C11H10N2O.C10H12N2/c18-4-6-3-8(10(21)11(22)9(6)20)25-14-7(5-19)17-2-1-16-15(17)13(24)12(14)23;15-17(16,11-4-2-1-3-5-11)14-7-6-10-8-12-9-13-10;1-9(14)10-2-4-11(5-3-10)13-7-6-12-8-13;1-6-4-9-10(5-7(6)2)12-8(3)11-9/h1-2,6-14,18-24H,3-5H2;1-5,8-9,14H,6-7H2,(H,12,13);2-8H,1H3;4-5H,1-3H3,(H,11,12). The number of ketones is 1. The van der Waals surface area contributed by atoms with Crippen molar-refractivity contribution in [1.82, 2.24) is 43.8 Å². The van der Waals surface area contributed by atoms with Crippen LogP contribution in [0.2, 0.25) is 0 Å². The van der Waals surface area contributed by atoms with Crippen molar-refractivity contribution < 1.29 is 53.7 Å². The maximum absolute atomic E-state index is 11.8. The highest BCUT2D eigenvalue weighted by molar-refractivity contribution is 7.89. The first-order valence-corrected chi connectivity index (χ1v) is 23.4. The molecule has 1 aliphatic heterocycles. The number of hydrogen-bond acceptors (Lipinski definition) is 15. The van der Waals surface area contributed by atoms with Gasteiger partial charge in [-0.05, 0) is 93.8 Å². The summed E-state index contributed by atoms with van der Waals surface area (Å²) in [5, 5.41) is 69.6. The number of H-pyrrole nitrogens is 2. The van der Waals surface area contributed by atoms with Crippen LogP contribution < -0.4 is 4.72 Å². The zero-order chi connectivity index (χ0) is 49.1. The third-order valence-electron chi connectivity index (χ3n) is 11.8. The van der Waals surface area contributed by atoms with Crippen LogP contribution in [0.3, 0.4) is 0 Å². The van der Waals surface area contributed by atoms with Crippen LogP contribution in [0, 0.1) is 26.7 Å². The van der Waals surface area contributed by atoms with Gasteiger partial charge in [0.2, 0.25) is 10.0 Å². The summed E-state index contributed by atoms with van der Waals surface area (Å²) >= 11 is 0. The number of imidazole rings is 4. The predicted octanol–water partition coefficient (Wildman–Crippen LogP) is 2.17. The molecular weight excluding hydrogens is 899 g/mol. The number of carbonyl (C=O) groups excluding carboxylic acids is 1. The quantitative estimate of drug-likeness (QED) is 0.0832. The van der Waals surface area contributed by atoms with E-state index in [1.807, 2.05) is 42.0 Å². The largest absolute Gasteiger partial charge is 0.396 e. The Morgan fingerprint density at radius 1 is 0.868 bits per heavy atom. The summed E-state index contributed by atoms with van der Waals surface area (Å²) in [4.78, 5) is 33.6. The minimum absolute atomic E-state index is 0.0458. The fourth-order valence-electron chi connectivity index (χ4n) is 7.82. The van der Waals surface area contributed by atoms with Crippen LogP contribution in [0.25, 0.3) is 16.7 Å². The van der Waals surface area contributed by atoms with E-state index in [1.54, 1.807) is 62.3 Å². The Morgan fingerprint density at radius 3 is 2.22 bits per heavy atom. The fourth-order valence-corrected chi connectivity index (χ4v) is 8.87. The van der Waals surface area contributed by atoms with Crippen LogP contribution in [0.5, 0.6) is 0 Å². The lowest BCUT2D eigenvalue weighted by atomic mass is 9.81. The number of aliphatic hydroxyl groups excluding tert-OH is 7. The van der Waals surface area contributed by atoms with E-state index in [-0.39, 0.29) is 22.9 Å². The number of Topliss-reactive ketones (excluding diaryl/α,β-unsaturated/α-hetero) is 1. The zero-order valence-electron chi connectivity index (χ0n) is 38.0. The number of fused-ring (bicyclic) bond motifs is 2. The second-order valence-electron chi connectivity index (χ2n) is 16.6. The van der Waals surface area contributed by atoms with Crippen LogP contribution in [-0.2, 0) is 21.2 Å². The topological polar surface area (TPSA) is 307 Å². The number of aryl methyl sites for hydroxylation is 3. The van der Waals surface area contributed by atoms with Crippen molar-refractivity contribution >= 4 is 26.8 Å². The molecule has 364 valence electrons. The van der Waals surface area contributed by atoms with E-state index in [4.69, 9.17) is 4.74 Å². The number of sulfonamides is 1. The molecule has 0 saturated heterocycles. The maximum atomic E-state index is 11.8. The van der Waals surface area contributed by atoms with Gasteiger partial charge in [-0.3, -0.25) is 4.79 Å². The van der Waals surface area contributed by atoms with Crippen molar-refractivity contribution in [3.63, 3.8) is 0 Å². The molecule has 5 heterocycles. The summed E-state index contributed by atoms with van der Waals surface area (Å²) in [5.41, 5.74) is 7.45. The van der Waals surface area contributed by atoms with Crippen molar-refractivity contribution in [3.8, 4) is 5.69 Å². The number of benzene rings is 3. The van der Waals surface area contributed by atoms with E-state index in [0.717, 1.165) is 33.8 Å². The Labute approximate surface area is 393 Å². The Balaban J connectivity index is 0.000000155. The van der Waals surface area contributed by atoms with Gasteiger partial charge in [0.05, 0.1) is 53.4 Å². The van der Waals surface area contributed by atoms with Crippen molar-refractivity contribution in [2.75, 3.05) is 19.8 Å². The molecule has 21 heteroatoms. The minimum atomic E-state index is -3.40. The first kappa shape index (κ1) is 51.4. The number of aromatic nitrogens is 8. The van der Waals surface area contributed by atoms with Crippen LogP contribution in [0.15, 0.2) is 115 Å². The monoisotopic (exact) mass is 957 g/mol. The average molecular weight is 958 g/mol. The number of nitrogens with one attached hydrogen (secondary N) is 3. The van der Waals surface area contributed by atoms with Crippen LogP contribution in [0.1, 0.15) is 64.3 Å². The highest BCUT2D eigenvalue weighted by Crippen LogP contribution is 2.37. The Hall–Kier alpha value is -5.98. The highest BCUT2D eigenvalue weighted by atomic mass is 32.2. The molecule has 10 N–H and O–H groups in total. The highest BCUT2D eigenvalue weighted by Gasteiger charge is 2.48. The predicted molar refractivity (Wildman–Crippen MR) is 249 cm³/mol. The molecule has 68 heavy (non-hydrogen) atoms. The van der Waals surface area contributed by atoms with E-state index in [1.165, 1.54) is 28.1 Å². The van der Waals surface area contributed by atoms with Crippen molar-refractivity contribution in [2.45, 2.75) is 94.2 Å². The summed E-state index contributed by atoms with van der Waals surface area (Å²) in [6.07, 6.45) is 3.08. The van der Waals surface area contributed by atoms with Gasteiger partial charge in [-0.2, -0.15) is 0 Å². The Kier molecular flexibility index (Phi) is 17.7. The number of rotatable bonds is 11. The SMILES string of the molecule is CC(=O)c1ccc(-n2ccnc2)cc1.Cc1nc2cc(C)c(C)cc2[nH]1.O=S(=O)(NCCc1cnc[nH]1)c1ccccc1.OCC1CC(OC2C(O)C(O)c3nccn3C2CO)C(O)C(O)C1O. The van der Waals surface area contributed by atoms with Gasteiger partial charge in [0.15, 0.2) is 5.78 Å². The van der Waals surface area contributed by atoms with Gasteiger partial charge in [0.1, 0.15) is 42.2 Å². The molecule has 1 saturated carbocycles. The number of hydrogen-bond donors (Lipinski definition) is 10. The lowest BCUT2D eigenvalue weighted by Crippen LogP contribution is -2.58. The molecule has 7 aromatic rings. The number of aliphatic hydroxyl groups is 7. The molecule has 0 amide bonds. The number of carbonyl (C=O) groups is 1. The Morgan fingerprint density at radius 2 is 1.59 bits per heavy atom. The van der Waals surface area contributed by atoms with Crippen LogP contribution in [0.4, 0.5) is 0 Å².